The van der Waals surface area contributed by atoms with E-state index in [2.05, 4.69) is 5.32 Å². The zero-order chi connectivity index (χ0) is 18.1. The number of carbonyl (C=O) groups excluding carboxylic acids is 1. The van der Waals surface area contributed by atoms with Crippen molar-refractivity contribution in [1.29, 1.82) is 0 Å². The van der Waals surface area contributed by atoms with Crippen LogP contribution in [0, 0.1) is 0 Å². The van der Waals surface area contributed by atoms with Gasteiger partial charge in [-0.15, -0.1) is 0 Å². The highest BCUT2D eigenvalue weighted by Crippen LogP contribution is 2.20. The van der Waals surface area contributed by atoms with Crippen LogP contribution in [0.15, 0.2) is 35.2 Å². The van der Waals surface area contributed by atoms with Crippen molar-refractivity contribution in [2.45, 2.75) is 30.6 Å². The quantitative estimate of drug-likeness (QED) is 0.592. The summed E-state index contributed by atoms with van der Waals surface area (Å²) < 4.78 is 31.8. The van der Waals surface area contributed by atoms with E-state index in [1.54, 1.807) is 41.8 Å². The van der Waals surface area contributed by atoms with E-state index in [4.69, 9.17) is 4.74 Å². The van der Waals surface area contributed by atoms with Crippen molar-refractivity contribution < 1.29 is 17.9 Å². The third-order valence-corrected chi connectivity index (χ3v) is 6.03. The Labute approximate surface area is 149 Å². The monoisotopic (exact) mass is 366 g/mol. The summed E-state index contributed by atoms with van der Waals surface area (Å²) in [5.41, 5.74) is 0.775. The number of benzene rings is 1. The Morgan fingerprint density at radius 2 is 1.80 bits per heavy atom. The number of nitrogens with zero attached hydrogens (tertiary/aromatic N) is 1. The molecule has 0 spiro atoms. The third-order valence-electron chi connectivity index (χ3n) is 4.12. The van der Waals surface area contributed by atoms with Crippen molar-refractivity contribution in [3.8, 4) is 0 Å². The Kier molecular flexibility index (Phi) is 7.61. The van der Waals surface area contributed by atoms with Gasteiger partial charge >= 0.3 is 0 Å². The molecule has 1 N–H and O–H groups in total. The van der Waals surface area contributed by atoms with E-state index in [-0.39, 0.29) is 5.91 Å². The summed E-state index contributed by atoms with van der Waals surface area (Å²) in [5.74, 6) is -0.210. The second kappa shape index (κ2) is 9.70. The number of sulfonamides is 1. The van der Waals surface area contributed by atoms with Crippen LogP contribution in [0.25, 0.3) is 6.08 Å². The maximum atomic E-state index is 12.7. The number of ether oxygens (including phenoxy) is 1. The van der Waals surface area contributed by atoms with Crippen LogP contribution in [0.1, 0.15) is 31.2 Å². The van der Waals surface area contributed by atoms with Crippen molar-refractivity contribution in [1.82, 2.24) is 9.62 Å². The molecule has 0 bridgehead atoms. The lowest BCUT2D eigenvalue weighted by Gasteiger charge is -2.19. The average Bonchev–Trinajstić information content (AvgIpc) is 2.90. The largest absolute Gasteiger partial charge is 0.383 e. The fourth-order valence-corrected chi connectivity index (χ4v) is 4.21. The number of methoxy groups -OCH3 is 1. The van der Waals surface area contributed by atoms with Crippen molar-refractivity contribution in [2.75, 3.05) is 33.4 Å². The minimum Gasteiger partial charge on any atom is -0.383 e. The van der Waals surface area contributed by atoms with Gasteiger partial charge in [0, 0.05) is 32.8 Å². The molecule has 1 amide bonds. The number of amides is 1. The minimum atomic E-state index is -3.43. The molecule has 25 heavy (non-hydrogen) atoms. The molecular weight excluding hydrogens is 340 g/mol. The summed E-state index contributed by atoms with van der Waals surface area (Å²) in [6.07, 6.45) is 7.08. The van der Waals surface area contributed by atoms with E-state index in [1.807, 2.05) is 0 Å². The highest BCUT2D eigenvalue weighted by Gasteiger charge is 2.24. The normalized spacial score (nSPS) is 16.7. The highest BCUT2D eigenvalue weighted by molar-refractivity contribution is 7.89. The zero-order valence-corrected chi connectivity index (χ0v) is 15.4. The maximum Gasteiger partial charge on any atom is 0.244 e. The number of hydrogen-bond acceptors (Lipinski definition) is 4. The number of rotatable bonds is 7. The van der Waals surface area contributed by atoms with Crippen LogP contribution < -0.4 is 5.32 Å². The molecule has 0 aliphatic carbocycles. The van der Waals surface area contributed by atoms with E-state index in [0.29, 0.717) is 31.1 Å². The molecule has 6 nitrogen and oxygen atoms in total. The molecule has 0 radical (unpaired) electrons. The topological polar surface area (TPSA) is 75.7 Å². The van der Waals surface area contributed by atoms with Gasteiger partial charge in [0.1, 0.15) is 0 Å². The lowest BCUT2D eigenvalue weighted by Crippen LogP contribution is -2.31. The molecule has 1 saturated heterocycles. The third kappa shape index (κ3) is 5.95. The van der Waals surface area contributed by atoms with Crippen molar-refractivity contribution in [2.24, 2.45) is 0 Å². The van der Waals surface area contributed by atoms with Crippen LogP contribution in [0.3, 0.4) is 0 Å². The molecule has 0 aromatic heterocycles. The predicted molar refractivity (Wildman–Crippen MR) is 97.6 cm³/mol. The first-order chi connectivity index (χ1) is 12.0. The SMILES string of the molecule is COCCNC(=O)/C=C/c1ccc(S(=O)(=O)N2CCCCCC2)cc1. The molecule has 138 valence electrons. The van der Waals surface area contributed by atoms with Crippen LogP contribution in [0.5, 0.6) is 0 Å². The van der Waals surface area contributed by atoms with Gasteiger partial charge in [-0.25, -0.2) is 8.42 Å². The number of hydrogen-bond donors (Lipinski definition) is 1. The van der Waals surface area contributed by atoms with Gasteiger partial charge in [0.15, 0.2) is 0 Å². The van der Waals surface area contributed by atoms with Crippen LogP contribution in [-0.2, 0) is 19.6 Å². The summed E-state index contributed by atoms with van der Waals surface area (Å²) in [5, 5.41) is 2.69. The minimum absolute atomic E-state index is 0.210. The van der Waals surface area contributed by atoms with Gasteiger partial charge in [-0.3, -0.25) is 4.79 Å². The lowest BCUT2D eigenvalue weighted by atomic mass is 10.2. The van der Waals surface area contributed by atoms with E-state index in [1.165, 1.54) is 6.08 Å². The lowest BCUT2D eigenvalue weighted by molar-refractivity contribution is -0.116. The van der Waals surface area contributed by atoms with Gasteiger partial charge in [0.2, 0.25) is 15.9 Å². The van der Waals surface area contributed by atoms with Gasteiger partial charge in [-0.05, 0) is 36.6 Å². The van der Waals surface area contributed by atoms with Crippen molar-refractivity contribution in [3.05, 3.63) is 35.9 Å². The van der Waals surface area contributed by atoms with E-state index in [9.17, 15) is 13.2 Å². The van der Waals surface area contributed by atoms with Gasteiger partial charge in [-0.2, -0.15) is 4.31 Å². The Morgan fingerprint density at radius 1 is 1.16 bits per heavy atom. The fourth-order valence-electron chi connectivity index (χ4n) is 2.69. The summed E-state index contributed by atoms with van der Waals surface area (Å²) in [6, 6.07) is 6.62. The Hall–Kier alpha value is -1.70. The molecular formula is C18H26N2O4S. The maximum absolute atomic E-state index is 12.7. The van der Waals surface area contributed by atoms with Gasteiger partial charge in [-0.1, -0.05) is 25.0 Å². The first kappa shape index (κ1) is 19.6. The molecule has 1 fully saturated rings. The Morgan fingerprint density at radius 3 is 2.40 bits per heavy atom. The van der Waals surface area contributed by atoms with Gasteiger partial charge in [0.25, 0.3) is 0 Å². The fraction of sp³-hybridized carbons (Fsp3) is 0.500. The summed E-state index contributed by atoms with van der Waals surface area (Å²) >= 11 is 0. The van der Waals surface area contributed by atoms with E-state index >= 15 is 0 Å². The first-order valence-corrected chi connectivity index (χ1v) is 10.0. The Balaban J connectivity index is 2.00. The molecule has 1 aliphatic rings. The molecule has 1 heterocycles. The van der Waals surface area contributed by atoms with Gasteiger partial charge in [0.05, 0.1) is 11.5 Å². The van der Waals surface area contributed by atoms with Gasteiger partial charge < -0.3 is 10.1 Å². The summed E-state index contributed by atoms with van der Waals surface area (Å²) in [4.78, 5) is 11.9. The van der Waals surface area contributed by atoms with Crippen LogP contribution in [0.4, 0.5) is 0 Å². The first-order valence-electron chi connectivity index (χ1n) is 8.59. The van der Waals surface area contributed by atoms with Crippen LogP contribution in [-0.4, -0.2) is 52.0 Å². The van der Waals surface area contributed by atoms with E-state index < -0.39 is 10.0 Å². The van der Waals surface area contributed by atoms with Crippen LogP contribution >= 0.6 is 0 Å². The molecule has 0 atom stereocenters. The second-order valence-corrected chi connectivity index (χ2v) is 7.94. The number of carbonyl (C=O) groups is 1. The molecule has 0 unspecified atom stereocenters. The molecule has 7 heteroatoms. The van der Waals surface area contributed by atoms with E-state index in [0.717, 1.165) is 31.2 Å². The summed E-state index contributed by atoms with van der Waals surface area (Å²) in [7, 11) is -1.86. The molecule has 0 saturated carbocycles. The molecule has 2 rings (SSSR count). The summed E-state index contributed by atoms with van der Waals surface area (Å²) in [6.45, 7) is 2.09. The van der Waals surface area contributed by atoms with Crippen molar-refractivity contribution in [3.63, 3.8) is 0 Å². The predicted octanol–water partition coefficient (Wildman–Crippen LogP) is 2.03. The van der Waals surface area contributed by atoms with Crippen molar-refractivity contribution >= 4 is 22.0 Å². The number of nitrogens with one attached hydrogen (secondary N) is 1. The zero-order valence-electron chi connectivity index (χ0n) is 14.6. The molecule has 1 aromatic rings. The second-order valence-electron chi connectivity index (χ2n) is 6.00. The smallest absolute Gasteiger partial charge is 0.244 e. The molecule has 1 aromatic carbocycles. The molecule has 1 aliphatic heterocycles. The Bertz CT molecular complexity index is 676. The standard InChI is InChI=1S/C18H26N2O4S/c1-24-15-12-19-18(21)11-8-16-6-9-17(10-7-16)25(22,23)20-13-4-2-3-5-14-20/h6-11H,2-5,12-15H2,1H3,(H,19,21)/b11-8+. The average molecular weight is 366 g/mol. The van der Waals surface area contributed by atoms with Crippen LogP contribution in [0.2, 0.25) is 0 Å². The highest BCUT2D eigenvalue weighted by atomic mass is 32.2.